The van der Waals surface area contributed by atoms with Gasteiger partial charge in [-0.05, 0) is 48.0 Å². The van der Waals surface area contributed by atoms with Crippen LogP contribution in [0.5, 0.6) is 11.5 Å². The molecule has 140 valence electrons. The Balaban J connectivity index is 1.31. The molecule has 0 unspecified atom stereocenters. The van der Waals surface area contributed by atoms with Crippen LogP contribution in [-0.4, -0.2) is 21.5 Å². The monoisotopic (exact) mass is 392 g/mol. The van der Waals surface area contributed by atoms with Gasteiger partial charge in [-0.15, -0.1) is 0 Å². The zero-order valence-corrected chi connectivity index (χ0v) is 15.7. The Bertz CT molecular complexity index is 1090. The molecule has 1 aromatic heterocycles. The molecule has 0 fully saturated rings. The summed E-state index contributed by atoms with van der Waals surface area (Å²) in [7, 11) is 0. The Hall–Kier alpha value is -3.12. The average Bonchev–Trinajstić information content (AvgIpc) is 3.11. The molecule has 0 atom stereocenters. The summed E-state index contributed by atoms with van der Waals surface area (Å²) >= 11 is 1.32. The number of nitrogens with zero attached hydrogens (tertiary/aromatic N) is 1. The molecule has 4 aromatic rings. The fourth-order valence-electron chi connectivity index (χ4n) is 2.75. The highest BCUT2D eigenvalue weighted by atomic mass is 32.2. The van der Waals surface area contributed by atoms with E-state index in [9.17, 15) is 9.18 Å². The lowest BCUT2D eigenvalue weighted by molar-refractivity contribution is -0.116. The number of benzene rings is 3. The molecule has 1 heterocycles. The fourth-order valence-corrected chi connectivity index (χ4v) is 3.50. The minimum absolute atomic E-state index is 0.0911. The van der Waals surface area contributed by atoms with E-state index in [1.807, 2.05) is 54.6 Å². The molecule has 0 bridgehead atoms. The molecule has 6 heteroatoms. The number of nitrogens with one attached hydrogen (secondary N) is 1. The van der Waals surface area contributed by atoms with E-state index < -0.39 is 0 Å². The van der Waals surface area contributed by atoms with Crippen molar-refractivity contribution < 1.29 is 13.9 Å². The summed E-state index contributed by atoms with van der Waals surface area (Å²) in [6.45, 7) is 0. The van der Waals surface area contributed by atoms with Crippen molar-refractivity contribution in [1.82, 2.24) is 9.97 Å². The van der Waals surface area contributed by atoms with E-state index in [0.717, 1.165) is 17.1 Å². The number of halogens is 1. The minimum atomic E-state index is -0.316. The number of carbonyl (C=O) groups excluding carboxylic acids is 1. The SMILES string of the molecule is O=C(CSc1nc2ccc(F)cc2[nH]1)Cc1ccc(Oc2ccccc2)cc1. The molecule has 0 radical (unpaired) electrons. The van der Waals surface area contributed by atoms with Crippen LogP contribution in [0.1, 0.15) is 5.56 Å². The molecule has 0 amide bonds. The van der Waals surface area contributed by atoms with E-state index in [4.69, 9.17) is 4.74 Å². The number of para-hydroxylation sites is 1. The van der Waals surface area contributed by atoms with Gasteiger partial charge in [-0.25, -0.2) is 9.37 Å². The number of ketones is 1. The number of aromatic amines is 1. The van der Waals surface area contributed by atoms with Gasteiger partial charge in [0.2, 0.25) is 0 Å². The number of ether oxygens (including phenoxy) is 1. The Labute approximate surface area is 165 Å². The van der Waals surface area contributed by atoms with Gasteiger partial charge in [0, 0.05) is 6.42 Å². The Morgan fingerprint density at radius 2 is 1.75 bits per heavy atom. The number of hydrogen-bond donors (Lipinski definition) is 1. The maximum absolute atomic E-state index is 13.2. The van der Waals surface area contributed by atoms with Gasteiger partial charge >= 0.3 is 0 Å². The van der Waals surface area contributed by atoms with Crippen molar-refractivity contribution in [2.45, 2.75) is 11.6 Å². The van der Waals surface area contributed by atoms with Crippen LogP contribution in [0.3, 0.4) is 0 Å². The number of carbonyl (C=O) groups is 1. The molecular formula is C22H17FN2O2S. The van der Waals surface area contributed by atoms with Crippen molar-refractivity contribution in [2.75, 3.05) is 5.75 Å². The predicted molar refractivity (Wildman–Crippen MR) is 108 cm³/mol. The van der Waals surface area contributed by atoms with Crippen LogP contribution in [0.15, 0.2) is 78.0 Å². The maximum atomic E-state index is 13.2. The maximum Gasteiger partial charge on any atom is 0.166 e. The largest absolute Gasteiger partial charge is 0.457 e. The number of fused-ring (bicyclic) bond motifs is 1. The number of imidazole rings is 1. The summed E-state index contributed by atoms with van der Waals surface area (Å²) in [5.74, 6) is 1.57. The second-order valence-electron chi connectivity index (χ2n) is 6.27. The standard InChI is InChI=1S/C22H17FN2O2S/c23-16-8-11-20-21(13-16)25-22(24-20)28-14-17(26)12-15-6-9-19(10-7-15)27-18-4-2-1-3-5-18/h1-11,13H,12,14H2,(H,24,25). The molecule has 0 spiro atoms. The van der Waals surface area contributed by atoms with Crippen molar-refractivity contribution in [2.24, 2.45) is 0 Å². The number of thioether (sulfide) groups is 1. The summed E-state index contributed by atoms with van der Waals surface area (Å²) in [4.78, 5) is 19.7. The second-order valence-corrected chi connectivity index (χ2v) is 7.23. The summed E-state index contributed by atoms with van der Waals surface area (Å²) in [6, 6.07) is 21.4. The summed E-state index contributed by atoms with van der Waals surface area (Å²) in [6.07, 6.45) is 0.341. The van der Waals surface area contributed by atoms with Gasteiger partial charge in [0.1, 0.15) is 23.1 Å². The van der Waals surface area contributed by atoms with Crippen molar-refractivity contribution in [1.29, 1.82) is 0 Å². The topological polar surface area (TPSA) is 55.0 Å². The lowest BCUT2D eigenvalue weighted by atomic mass is 10.1. The zero-order chi connectivity index (χ0) is 19.3. The van der Waals surface area contributed by atoms with Crippen LogP contribution >= 0.6 is 11.8 Å². The number of aromatic nitrogens is 2. The molecular weight excluding hydrogens is 375 g/mol. The molecule has 0 aliphatic carbocycles. The molecule has 4 nitrogen and oxygen atoms in total. The normalized spacial score (nSPS) is 10.9. The van der Waals surface area contributed by atoms with Gasteiger partial charge in [-0.3, -0.25) is 4.79 Å². The number of hydrogen-bond acceptors (Lipinski definition) is 4. The highest BCUT2D eigenvalue weighted by Crippen LogP contribution is 2.23. The van der Waals surface area contributed by atoms with Crippen LogP contribution in [0.2, 0.25) is 0 Å². The van der Waals surface area contributed by atoms with Crippen LogP contribution < -0.4 is 4.74 Å². The van der Waals surface area contributed by atoms with Gasteiger partial charge in [-0.2, -0.15) is 0 Å². The van der Waals surface area contributed by atoms with Gasteiger partial charge in [0.15, 0.2) is 5.16 Å². The molecule has 28 heavy (non-hydrogen) atoms. The van der Waals surface area contributed by atoms with Gasteiger partial charge < -0.3 is 9.72 Å². The first-order valence-corrected chi connectivity index (χ1v) is 9.76. The molecule has 3 aromatic carbocycles. The third-order valence-corrected chi connectivity index (χ3v) is 5.03. The predicted octanol–water partition coefficient (Wildman–Crippen LogP) is 5.40. The first kappa shape index (κ1) is 18.3. The number of Topliss-reactive ketones (excluding diaryl/α,β-unsaturated/α-hetero) is 1. The third kappa shape index (κ3) is 4.58. The smallest absolute Gasteiger partial charge is 0.166 e. The lowest BCUT2D eigenvalue weighted by Crippen LogP contribution is -2.05. The number of H-pyrrole nitrogens is 1. The van der Waals surface area contributed by atoms with E-state index in [1.54, 1.807) is 6.07 Å². The van der Waals surface area contributed by atoms with E-state index in [-0.39, 0.29) is 11.6 Å². The molecule has 0 aliphatic heterocycles. The van der Waals surface area contributed by atoms with Gasteiger partial charge in [0.05, 0.1) is 16.8 Å². The Kier molecular flexibility index (Phi) is 5.39. The molecule has 0 saturated heterocycles. The molecule has 0 aliphatic rings. The quantitative estimate of drug-likeness (QED) is 0.428. The van der Waals surface area contributed by atoms with E-state index in [0.29, 0.717) is 28.4 Å². The van der Waals surface area contributed by atoms with Crippen LogP contribution in [0.4, 0.5) is 4.39 Å². The van der Waals surface area contributed by atoms with Gasteiger partial charge in [-0.1, -0.05) is 42.1 Å². The highest BCUT2D eigenvalue weighted by molar-refractivity contribution is 7.99. The van der Waals surface area contributed by atoms with Crippen molar-refractivity contribution in [3.63, 3.8) is 0 Å². The minimum Gasteiger partial charge on any atom is -0.457 e. The number of rotatable bonds is 7. The molecule has 0 saturated carbocycles. The van der Waals surface area contributed by atoms with Crippen molar-refractivity contribution in [3.05, 3.63) is 84.2 Å². The van der Waals surface area contributed by atoms with E-state index in [1.165, 1.54) is 23.9 Å². The van der Waals surface area contributed by atoms with Crippen LogP contribution in [0.25, 0.3) is 11.0 Å². The summed E-state index contributed by atoms with van der Waals surface area (Å²) < 4.78 is 19.0. The van der Waals surface area contributed by atoms with Gasteiger partial charge in [0.25, 0.3) is 0 Å². The first-order chi connectivity index (χ1) is 13.7. The Morgan fingerprint density at radius 3 is 2.54 bits per heavy atom. The first-order valence-electron chi connectivity index (χ1n) is 8.77. The average molecular weight is 392 g/mol. The van der Waals surface area contributed by atoms with Crippen molar-refractivity contribution >= 4 is 28.6 Å². The van der Waals surface area contributed by atoms with Crippen LogP contribution in [-0.2, 0) is 11.2 Å². The lowest BCUT2D eigenvalue weighted by Gasteiger charge is -2.06. The summed E-state index contributed by atoms with van der Waals surface area (Å²) in [5, 5.41) is 0.612. The molecule has 1 N–H and O–H groups in total. The Morgan fingerprint density at radius 1 is 1.00 bits per heavy atom. The molecule has 4 rings (SSSR count). The highest BCUT2D eigenvalue weighted by Gasteiger charge is 2.09. The van der Waals surface area contributed by atoms with Crippen LogP contribution in [0, 0.1) is 5.82 Å². The van der Waals surface area contributed by atoms with Crippen molar-refractivity contribution in [3.8, 4) is 11.5 Å². The third-order valence-electron chi connectivity index (χ3n) is 4.10. The second kappa shape index (κ2) is 8.27. The summed E-state index contributed by atoms with van der Waals surface area (Å²) in [5.41, 5.74) is 2.24. The zero-order valence-electron chi connectivity index (χ0n) is 14.9. The van der Waals surface area contributed by atoms with E-state index in [2.05, 4.69) is 9.97 Å². The van der Waals surface area contributed by atoms with E-state index >= 15 is 0 Å². The fraction of sp³-hybridized carbons (Fsp3) is 0.0909.